The van der Waals surface area contributed by atoms with Gasteiger partial charge in [0.05, 0.1) is 30.1 Å². The summed E-state index contributed by atoms with van der Waals surface area (Å²) in [5.74, 6) is 5.94. The van der Waals surface area contributed by atoms with Gasteiger partial charge in [-0.05, 0) is 35.4 Å². The largest absolute Gasteiger partial charge is 0.394 e. The van der Waals surface area contributed by atoms with Gasteiger partial charge < -0.3 is 10.0 Å². The van der Waals surface area contributed by atoms with Crippen LogP contribution in [0.2, 0.25) is 0 Å². The summed E-state index contributed by atoms with van der Waals surface area (Å²) in [6.45, 7) is -0.188. The Balaban J connectivity index is 1.34. The van der Waals surface area contributed by atoms with Crippen LogP contribution in [-0.2, 0) is 21.2 Å². The van der Waals surface area contributed by atoms with Gasteiger partial charge in [0.2, 0.25) is 15.9 Å². The van der Waals surface area contributed by atoms with Crippen molar-refractivity contribution in [1.29, 1.82) is 0 Å². The number of amides is 1. The molecule has 0 spiro atoms. The van der Waals surface area contributed by atoms with Crippen LogP contribution < -0.4 is 0 Å². The number of sulfonamides is 1. The number of piperazine rings is 1. The highest BCUT2D eigenvalue weighted by Crippen LogP contribution is 2.43. The molecule has 0 aromatic heterocycles. The molecular formula is C28H26N2O4S. The lowest BCUT2D eigenvalue weighted by molar-refractivity contribution is -0.158. The lowest BCUT2D eigenvalue weighted by Crippen LogP contribution is -2.73. The van der Waals surface area contributed by atoms with Gasteiger partial charge in [0.15, 0.2) is 0 Å². The Kier molecular flexibility index (Phi) is 6.44. The monoisotopic (exact) mass is 486 g/mol. The molecule has 3 atom stereocenters. The Bertz CT molecular complexity index is 1360. The SMILES string of the molecule is O=C1CN(S(=O)(=O)c2ccccc2)C[C@@H]2[C@@H](c3ccc(C#CCc4ccccc4)cc3)[C@@H](CO)N12. The average Bonchev–Trinajstić information content (AvgIpc) is 2.87. The van der Waals surface area contributed by atoms with Crippen LogP contribution in [0.3, 0.4) is 0 Å². The Morgan fingerprint density at radius 1 is 0.914 bits per heavy atom. The van der Waals surface area contributed by atoms with E-state index in [0.29, 0.717) is 6.42 Å². The van der Waals surface area contributed by atoms with Crippen LogP contribution in [0.15, 0.2) is 89.8 Å². The molecule has 0 bridgehead atoms. The Labute approximate surface area is 205 Å². The van der Waals surface area contributed by atoms with Gasteiger partial charge in [0, 0.05) is 24.4 Å². The maximum absolute atomic E-state index is 13.1. The molecule has 5 rings (SSSR count). The molecule has 3 aromatic carbocycles. The third kappa shape index (κ3) is 4.48. The number of aliphatic hydroxyl groups excluding tert-OH is 1. The smallest absolute Gasteiger partial charge is 0.243 e. The van der Waals surface area contributed by atoms with E-state index in [1.54, 1.807) is 35.2 Å². The van der Waals surface area contributed by atoms with Gasteiger partial charge in [-0.15, -0.1) is 0 Å². The molecule has 3 aromatic rings. The van der Waals surface area contributed by atoms with Crippen molar-refractivity contribution >= 4 is 15.9 Å². The minimum Gasteiger partial charge on any atom is -0.394 e. The predicted octanol–water partition coefficient (Wildman–Crippen LogP) is 2.64. The lowest BCUT2D eigenvalue weighted by Gasteiger charge is -2.58. The molecule has 2 saturated heterocycles. The van der Waals surface area contributed by atoms with E-state index in [9.17, 15) is 18.3 Å². The van der Waals surface area contributed by atoms with E-state index in [1.165, 1.54) is 4.31 Å². The summed E-state index contributed by atoms with van der Waals surface area (Å²) in [6, 6.07) is 25.4. The van der Waals surface area contributed by atoms with E-state index in [-0.39, 0.29) is 48.5 Å². The number of carbonyl (C=O) groups is 1. The Morgan fingerprint density at radius 2 is 1.57 bits per heavy atom. The number of hydrogen-bond acceptors (Lipinski definition) is 4. The second kappa shape index (κ2) is 9.67. The molecule has 0 saturated carbocycles. The number of benzene rings is 3. The highest BCUT2D eigenvalue weighted by molar-refractivity contribution is 7.89. The quantitative estimate of drug-likeness (QED) is 0.563. The van der Waals surface area contributed by atoms with Crippen LogP contribution in [0.25, 0.3) is 0 Å². The highest BCUT2D eigenvalue weighted by atomic mass is 32.2. The highest BCUT2D eigenvalue weighted by Gasteiger charge is 2.55. The maximum atomic E-state index is 13.1. The zero-order valence-electron chi connectivity index (χ0n) is 19.1. The fraction of sp³-hybridized carbons (Fsp3) is 0.250. The third-order valence-corrected chi connectivity index (χ3v) is 8.59. The van der Waals surface area contributed by atoms with E-state index in [1.807, 2.05) is 54.6 Å². The van der Waals surface area contributed by atoms with Crippen molar-refractivity contribution in [1.82, 2.24) is 9.21 Å². The number of nitrogens with zero attached hydrogens (tertiary/aromatic N) is 2. The first-order chi connectivity index (χ1) is 17.0. The van der Waals surface area contributed by atoms with Gasteiger partial charge in [0.25, 0.3) is 0 Å². The minimum absolute atomic E-state index is 0.149. The van der Waals surface area contributed by atoms with Crippen LogP contribution in [0.4, 0.5) is 0 Å². The zero-order valence-corrected chi connectivity index (χ0v) is 19.9. The van der Waals surface area contributed by atoms with E-state index >= 15 is 0 Å². The van der Waals surface area contributed by atoms with Gasteiger partial charge in [0.1, 0.15) is 0 Å². The Hall–Kier alpha value is -3.44. The van der Waals surface area contributed by atoms with E-state index in [2.05, 4.69) is 11.8 Å². The van der Waals surface area contributed by atoms with Crippen molar-refractivity contribution in [2.75, 3.05) is 19.7 Å². The molecule has 2 aliphatic heterocycles. The van der Waals surface area contributed by atoms with Gasteiger partial charge in [-0.25, -0.2) is 8.42 Å². The van der Waals surface area contributed by atoms with E-state index in [4.69, 9.17) is 0 Å². The third-order valence-electron chi connectivity index (χ3n) is 6.77. The van der Waals surface area contributed by atoms with Crippen molar-refractivity contribution in [2.45, 2.75) is 29.3 Å². The summed E-state index contributed by atoms with van der Waals surface area (Å²) >= 11 is 0. The number of hydrogen-bond donors (Lipinski definition) is 1. The zero-order chi connectivity index (χ0) is 24.4. The summed E-state index contributed by atoms with van der Waals surface area (Å²) in [7, 11) is -3.78. The molecule has 1 N–H and O–H groups in total. The molecule has 7 heteroatoms. The molecule has 0 unspecified atom stereocenters. The normalized spacial score (nSPS) is 22.0. The molecule has 0 aliphatic carbocycles. The Morgan fingerprint density at radius 3 is 2.23 bits per heavy atom. The topological polar surface area (TPSA) is 77.9 Å². The van der Waals surface area contributed by atoms with Crippen LogP contribution in [0.1, 0.15) is 22.6 Å². The van der Waals surface area contributed by atoms with Crippen molar-refractivity contribution in [3.63, 3.8) is 0 Å². The molecule has 0 radical (unpaired) electrons. The first-order valence-corrected chi connectivity index (χ1v) is 13.0. The average molecular weight is 487 g/mol. The number of carbonyl (C=O) groups excluding carboxylic acids is 1. The van der Waals surface area contributed by atoms with E-state index in [0.717, 1.165) is 16.7 Å². The molecule has 2 heterocycles. The van der Waals surface area contributed by atoms with Crippen LogP contribution in [-0.4, -0.2) is 60.4 Å². The first kappa shape index (κ1) is 23.3. The number of fused-ring (bicyclic) bond motifs is 1. The number of aliphatic hydroxyl groups is 1. The van der Waals surface area contributed by atoms with Gasteiger partial charge in [-0.1, -0.05) is 72.5 Å². The van der Waals surface area contributed by atoms with Gasteiger partial charge in [-0.2, -0.15) is 4.31 Å². The minimum atomic E-state index is -3.78. The lowest BCUT2D eigenvalue weighted by atomic mass is 9.74. The summed E-state index contributed by atoms with van der Waals surface area (Å²) < 4.78 is 27.5. The molecule has 2 aliphatic rings. The van der Waals surface area contributed by atoms with Crippen molar-refractivity contribution < 1.29 is 18.3 Å². The first-order valence-electron chi connectivity index (χ1n) is 11.6. The fourth-order valence-electron chi connectivity index (χ4n) is 5.03. The molecule has 1 amide bonds. The summed E-state index contributed by atoms with van der Waals surface area (Å²) in [6.07, 6.45) is 0.669. The molecule has 6 nitrogen and oxygen atoms in total. The fourth-order valence-corrected chi connectivity index (χ4v) is 6.46. The van der Waals surface area contributed by atoms with Crippen LogP contribution in [0, 0.1) is 11.8 Å². The predicted molar refractivity (Wildman–Crippen MR) is 133 cm³/mol. The maximum Gasteiger partial charge on any atom is 0.243 e. The summed E-state index contributed by atoms with van der Waals surface area (Å²) in [5.41, 5.74) is 3.01. The van der Waals surface area contributed by atoms with Gasteiger partial charge >= 0.3 is 0 Å². The number of rotatable bonds is 5. The summed E-state index contributed by atoms with van der Waals surface area (Å²) in [5, 5.41) is 10.0. The van der Waals surface area contributed by atoms with Crippen LogP contribution in [0.5, 0.6) is 0 Å². The van der Waals surface area contributed by atoms with E-state index < -0.39 is 10.0 Å². The van der Waals surface area contributed by atoms with Crippen molar-refractivity contribution in [3.8, 4) is 11.8 Å². The molecular weight excluding hydrogens is 460 g/mol. The second-order valence-corrected chi connectivity index (χ2v) is 10.8. The van der Waals surface area contributed by atoms with Gasteiger partial charge in [-0.3, -0.25) is 4.79 Å². The molecule has 178 valence electrons. The molecule has 2 fully saturated rings. The molecule has 35 heavy (non-hydrogen) atoms. The second-order valence-electron chi connectivity index (χ2n) is 8.84. The van der Waals surface area contributed by atoms with Crippen LogP contribution >= 0.6 is 0 Å². The standard InChI is InChI=1S/C28H26N2O4S/c31-20-26-28(23-16-14-22(15-17-23)11-7-10-21-8-3-1-4-9-21)25-18-29(19-27(32)30(25)26)35(33,34)24-12-5-2-6-13-24/h1-6,8-9,12-17,25-26,28,31H,10,18-20H2/t25-,26-,28-/m1/s1. The van der Waals surface area contributed by atoms with Crippen molar-refractivity contribution in [2.24, 2.45) is 0 Å². The van der Waals surface area contributed by atoms with Crippen molar-refractivity contribution in [3.05, 3.63) is 102 Å². The summed E-state index contributed by atoms with van der Waals surface area (Å²) in [4.78, 5) is 14.7.